The molecule has 0 aliphatic heterocycles. The normalized spacial score (nSPS) is 13.0. The summed E-state index contributed by atoms with van der Waals surface area (Å²) in [6, 6.07) is 0.00776. The van der Waals surface area contributed by atoms with Crippen molar-refractivity contribution >= 4 is 41.9 Å². The van der Waals surface area contributed by atoms with Gasteiger partial charge >= 0.3 is 6.09 Å². The van der Waals surface area contributed by atoms with E-state index in [2.05, 4.69) is 33.2 Å². The second-order valence-corrected chi connectivity index (χ2v) is 8.52. The summed E-state index contributed by atoms with van der Waals surface area (Å²) in [4.78, 5) is 28.5. The van der Waals surface area contributed by atoms with Gasteiger partial charge in [0.2, 0.25) is 5.91 Å². The van der Waals surface area contributed by atoms with E-state index >= 15 is 0 Å². The number of aliphatic imine (C=N–C) groups is 1. The van der Waals surface area contributed by atoms with Crippen LogP contribution in [0.15, 0.2) is 4.99 Å². The molecule has 0 fully saturated rings. The van der Waals surface area contributed by atoms with Gasteiger partial charge in [-0.2, -0.15) is 0 Å². The number of hydrogen-bond acceptors (Lipinski definition) is 4. The van der Waals surface area contributed by atoms with Gasteiger partial charge in [-0.3, -0.25) is 9.79 Å². The average Bonchev–Trinajstić information content (AvgIpc) is 2.59. The largest absolute Gasteiger partial charge is 0.444 e. The van der Waals surface area contributed by atoms with Crippen LogP contribution in [-0.2, 0) is 9.53 Å². The van der Waals surface area contributed by atoms with E-state index in [1.54, 1.807) is 7.05 Å². The Balaban J connectivity index is 0. The number of ether oxygens (including phenoxy) is 1. The number of hydrogen-bond donors (Lipinski definition) is 4. The van der Waals surface area contributed by atoms with Crippen molar-refractivity contribution in [1.82, 2.24) is 21.3 Å². The monoisotopic (exact) mass is 527 g/mol. The molecule has 0 aromatic rings. The Labute approximate surface area is 193 Å². The third-order valence-corrected chi connectivity index (χ3v) is 3.96. The summed E-state index contributed by atoms with van der Waals surface area (Å²) >= 11 is 0. The minimum atomic E-state index is -0.606. The van der Waals surface area contributed by atoms with E-state index in [9.17, 15) is 9.59 Å². The molecule has 0 aliphatic carbocycles. The first kappa shape index (κ1) is 29.9. The van der Waals surface area contributed by atoms with E-state index in [0.29, 0.717) is 25.6 Å². The lowest BCUT2D eigenvalue weighted by molar-refractivity contribution is -0.128. The maximum Gasteiger partial charge on any atom is 0.407 e. The van der Waals surface area contributed by atoms with Crippen LogP contribution in [0.2, 0.25) is 0 Å². The van der Waals surface area contributed by atoms with Gasteiger partial charge < -0.3 is 26.0 Å². The zero-order valence-corrected chi connectivity index (χ0v) is 21.7. The fourth-order valence-corrected chi connectivity index (χ4v) is 2.40. The molecule has 29 heavy (non-hydrogen) atoms. The number of nitrogens with one attached hydrogen (secondary N) is 4. The molecule has 1 atom stereocenters. The van der Waals surface area contributed by atoms with Crippen molar-refractivity contribution < 1.29 is 14.3 Å². The molecular weight excluding hydrogens is 485 g/mol. The van der Waals surface area contributed by atoms with Crippen LogP contribution in [0.3, 0.4) is 0 Å². The predicted octanol–water partition coefficient (Wildman–Crippen LogP) is 3.02. The first-order valence-electron chi connectivity index (χ1n) is 10.2. The Kier molecular flexibility index (Phi) is 15.2. The van der Waals surface area contributed by atoms with Crippen LogP contribution in [0.5, 0.6) is 0 Å². The second-order valence-electron chi connectivity index (χ2n) is 8.52. The van der Waals surface area contributed by atoms with Crippen molar-refractivity contribution in [1.29, 1.82) is 0 Å². The predicted molar refractivity (Wildman–Crippen MR) is 130 cm³/mol. The van der Waals surface area contributed by atoms with Gasteiger partial charge in [0.1, 0.15) is 5.60 Å². The molecule has 8 nitrogen and oxygen atoms in total. The Morgan fingerprint density at radius 1 is 1.07 bits per heavy atom. The van der Waals surface area contributed by atoms with Crippen LogP contribution < -0.4 is 21.3 Å². The number of guanidine groups is 1. The van der Waals surface area contributed by atoms with Gasteiger partial charge in [0, 0.05) is 26.2 Å². The molecule has 0 bridgehead atoms. The van der Waals surface area contributed by atoms with E-state index in [0.717, 1.165) is 19.3 Å². The SMILES string of the molecule is CCCCC(CNC(=O)OC(C)(C)C)NC(=NCC(C)(C)C(=O)NC)NCC.I. The summed E-state index contributed by atoms with van der Waals surface area (Å²) in [6.45, 7) is 14.8. The van der Waals surface area contributed by atoms with E-state index in [1.807, 2.05) is 41.5 Å². The summed E-state index contributed by atoms with van der Waals surface area (Å²) in [5.41, 5.74) is -1.14. The van der Waals surface area contributed by atoms with Gasteiger partial charge in [-0.1, -0.05) is 19.8 Å². The molecule has 0 saturated carbocycles. The molecule has 0 saturated heterocycles. The molecule has 0 spiro atoms. The van der Waals surface area contributed by atoms with Crippen LogP contribution in [0.4, 0.5) is 4.79 Å². The van der Waals surface area contributed by atoms with Crippen LogP contribution in [0, 0.1) is 5.41 Å². The number of rotatable bonds is 10. The maximum atomic E-state index is 12.0. The van der Waals surface area contributed by atoms with Crippen LogP contribution >= 0.6 is 24.0 Å². The molecule has 0 radical (unpaired) electrons. The summed E-state index contributed by atoms with van der Waals surface area (Å²) in [6.07, 6.45) is 2.53. The maximum absolute atomic E-state index is 12.0. The molecule has 0 aromatic carbocycles. The topological polar surface area (TPSA) is 104 Å². The quantitative estimate of drug-likeness (QED) is 0.199. The van der Waals surface area contributed by atoms with Crippen LogP contribution in [0.1, 0.15) is 67.7 Å². The van der Waals surface area contributed by atoms with Gasteiger partial charge in [-0.05, 0) is 48.0 Å². The van der Waals surface area contributed by atoms with Crippen molar-refractivity contribution in [2.24, 2.45) is 10.4 Å². The number of alkyl carbamates (subject to hydrolysis) is 1. The van der Waals surface area contributed by atoms with Crippen molar-refractivity contribution in [3.8, 4) is 0 Å². The number of amides is 2. The zero-order chi connectivity index (χ0) is 21.8. The molecular formula is C20H42IN5O3. The van der Waals surface area contributed by atoms with Gasteiger partial charge in [0.15, 0.2) is 5.96 Å². The highest BCUT2D eigenvalue weighted by Gasteiger charge is 2.26. The third kappa shape index (κ3) is 14.4. The van der Waals surface area contributed by atoms with Crippen molar-refractivity contribution in [3.05, 3.63) is 0 Å². The highest BCUT2D eigenvalue weighted by atomic mass is 127. The summed E-state index contributed by atoms with van der Waals surface area (Å²) in [5.74, 6) is 0.577. The van der Waals surface area contributed by atoms with E-state index < -0.39 is 17.1 Å². The standard InChI is InChI=1S/C20H41N5O3.HI/c1-9-11-12-15(13-23-18(27)28-19(3,4)5)25-17(22-10-2)24-14-20(6,7)16(26)21-8;/h15H,9-14H2,1-8H3,(H,21,26)(H,23,27)(H2,22,24,25);1H. The van der Waals surface area contributed by atoms with Gasteiger partial charge in [0.05, 0.1) is 12.0 Å². The highest BCUT2D eigenvalue weighted by molar-refractivity contribution is 14.0. The summed E-state index contributed by atoms with van der Waals surface area (Å²) < 4.78 is 5.31. The van der Waals surface area contributed by atoms with Gasteiger partial charge in [-0.15, -0.1) is 24.0 Å². The van der Waals surface area contributed by atoms with E-state index in [4.69, 9.17) is 4.74 Å². The zero-order valence-electron chi connectivity index (χ0n) is 19.4. The molecule has 0 aromatic heterocycles. The molecule has 0 rings (SSSR count). The number of unbranched alkanes of at least 4 members (excludes halogenated alkanes) is 1. The summed E-state index contributed by atoms with van der Waals surface area (Å²) in [7, 11) is 1.63. The second kappa shape index (κ2) is 14.7. The number of carbonyl (C=O) groups excluding carboxylic acids is 2. The van der Waals surface area contributed by atoms with Crippen molar-refractivity contribution in [2.75, 3.05) is 26.7 Å². The molecule has 4 N–H and O–H groups in total. The fourth-order valence-electron chi connectivity index (χ4n) is 2.40. The van der Waals surface area contributed by atoms with Crippen LogP contribution in [0.25, 0.3) is 0 Å². The number of nitrogens with zero attached hydrogens (tertiary/aromatic N) is 1. The minimum Gasteiger partial charge on any atom is -0.444 e. The Bertz CT molecular complexity index is 519. The minimum absolute atomic E-state index is 0. The molecule has 0 heterocycles. The Morgan fingerprint density at radius 3 is 2.17 bits per heavy atom. The number of halogens is 1. The first-order valence-corrected chi connectivity index (χ1v) is 10.2. The lowest BCUT2D eigenvalue weighted by atomic mass is 9.93. The van der Waals surface area contributed by atoms with E-state index in [1.165, 1.54) is 0 Å². The Morgan fingerprint density at radius 2 is 1.69 bits per heavy atom. The fraction of sp³-hybridized carbons (Fsp3) is 0.850. The smallest absolute Gasteiger partial charge is 0.407 e. The van der Waals surface area contributed by atoms with Gasteiger partial charge in [0.25, 0.3) is 0 Å². The summed E-state index contributed by atoms with van der Waals surface area (Å²) in [5, 5.41) is 12.1. The van der Waals surface area contributed by atoms with Crippen molar-refractivity contribution in [3.63, 3.8) is 0 Å². The third-order valence-electron chi connectivity index (χ3n) is 3.96. The molecule has 172 valence electrons. The lowest BCUT2D eigenvalue weighted by Gasteiger charge is -2.25. The molecule has 9 heteroatoms. The van der Waals surface area contributed by atoms with Gasteiger partial charge in [-0.25, -0.2) is 4.79 Å². The molecule has 0 aliphatic rings. The highest BCUT2D eigenvalue weighted by Crippen LogP contribution is 2.15. The molecule has 1 unspecified atom stereocenters. The molecule has 2 amide bonds. The lowest BCUT2D eigenvalue weighted by Crippen LogP contribution is -2.49. The first-order chi connectivity index (χ1) is 12.9. The average molecular weight is 527 g/mol. The van der Waals surface area contributed by atoms with Crippen molar-refractivity contribution in [2.45, 2.75) is 79.4 Å². The Hall–Kier alpha value is -1.26. The van der Waals surface area contributed by atoms with Crippen LogP contribution in [-0.4, -0.2) is 56.3 Å². The van der Waals surface area contributed by atoms with E-state index in [-0.39, 0.29) is 35.9 Å². The number of carbonyl (C=O) groups is 2.